The molecule has 3 heterocycles. The average molecular weight is 638 g/mol. The summed E-state index contributed by atoms with van der Waals surface area (Å²) in [5, 5.41) is 93.1. The van der Waals surface area contributed by atoms with Crippen LogP contribution in [0.5, 0.6) is 28.7 Å². The number of ether oxygens (including phenoxy) is 5. The van der Waals surface area contributed by atoms with Crippen molar-refractivity contribution in [3.63, 3.8) is 0 Å². The first kappa shape index (κ1) is 32.4. The van der Waals surface area contributed by atoms with Crippen molar-refractivity contribution in [3.05, 3.63) is 36.4 Å². The number of fused-ring (bicyclic) bond motifs is 1. The zero-order valence-corrected chi connectivity index (χ0v) is 23.8. The molecule has 2 aromatic carbocycles. The number of phenolic OH excluding ortho intramolecular Hbond substituents is 4. The maximum Gasteiger partial charge on any atom is 0.402 e. The monoisotopic (exact) mass is 637 g/mol. The maximum absolute atomic E-state index is 11.4. The minimum absolute atomic E-state index is 0.00680. The molecule has 0 amide bonds. The quantitative estimate of drug-likeness (QED) is 0.0923. The second kappa shape index (κ2) is 12.8. The van der Waals surface area contributed by atoms with Crippen LogP contribution in [-0.4, -0.2) is 120 Å². The van der Waals surface area contributed by atoms with Crippen molar-refractivity contribution in [1.29, 1.82) is 0 Å². The molecule has 9 N–H and O–H groups in total. The summed E-state index contributed by atoms with van der Waals surface area (Å²) in [5.74, 6) is -2.67. The summed E-state index contributed by atoms with van der Waals surface area (Å²) in [5.41, 5.74) is 0.145. The molecule has 16 heteroatoms. The standard InChI is InChI=1S/C29H32O16/c1-10-26(42-11(2)30)23(37)25(39)28(41-10)40-9-20-21(35)22(36)24(38)29(45-20)44-19-8-14-16(33)6-13(31)7-18(14)43-27(19)12-3-4-15(32)17(34)5-12/h3-8,10,20-26,28-29,35-39H,9H2,1-2H3,(H3-,31,32,33,34)/p+1/t10?,20?,21-,22?,23-,24?,25?,26+,28-,29-/m1/s1. The summed E-state index contributed by atoms with van der Waals surface area (Å²) in [6.45, 7) is 2.06. The van der Waals surface area contributed by atoms with Gasteiger partial charge in [0.05, 0.1) is 24.3 Å². The van der Waals surface area contributed by atoms with Crippen molar-refractivity contribution >= 4 is 16.9 Å². The van der Waals surface area contributed by atoms with Crippen LogP contribution in [0.4, 0.5) is 0 Å². The van der Waals surface area contributed by atoms with Gasteiger partial charge in [-0.25, -0.2) is 4.42 Å². The molecule has 1 aromatic heterocycles. The van der Waals surface area contributed by atoms with Crippen LogP contribution in [0.15, 0.2) is 40.8 Å². The van der Waals surface area contributed by atoms with Gasteiger partial charge in [-0.05, 0) is 19.1 Å². The predicted octanol–water partition coefficient (Wildman–Crippen LogP) is -0.195. The summed E-state index contributed by atoms with van der Waals surface area (Å²) >= 11 is 0. The van der Waals surface area contributed by atoms with Gasteiger partial charge in [0.1, 0.15) is 53.5 Å². The minimum Gasteiger partial charge on any atom is -0.507 e. The Hall–Kier alpha value is -4.00. The third-order valence-corrected chi connectivity index (χ3v) is 7.47. The molecule has 0 saturated carbocycles. The Morgan fingerprint density at radius 2 is 1.53 bits per heavy atom. The zero-order chi connectivity index (χ0) is 32.7. The van der Waals surface area contributed by atoms with Crippen LogP contribution in [0.2, 0.25) is 0 Å². The Labute approximate surface area is 254 Å². The first-order chi connectivity index (χ1) is 21.2. The summed E-state index contributed by atoms with van der Waals surface area (Å²) in [6, 6.07) is 7.19. The highest BCUT2D eigenvalue weighted by Gasteiger charge is 2.49. The minimum atomic E-state index is -1.84. The number of hydrogen-bond acceptors (Lipinski definition) is 15. The first-order valence-corrected chi connectivity index (χ1v) is 13.8. The lowest BCUT2D eigenvalue weighted by atomic mass is 9.98. The van der Waals surface area contributed by atoms with Crippen LogP contribution >= 0.6 is 0 Å². The van der Waals surface area contributed by atoms with Crippen LogP contribution in [0.1, 0.15) is 13.8 Å². The third-order valence-electron chi connectivity index (χ3n) is 7.47. The number of aliphatic hydroxyl groups is 5. The van der Waals surface area contributed by atoms with E-state index in [0.717, 1.165) is 19.1 Å². The van der Waals surface area contributed by atoms with Crippen molar-refractivity contribution in [2.24, 2.45) is 0 Å². The Balaban J connectivity index is 1.40. The Morgan fingerprint density at radius 1 is 0.822 bits per heavy atom. The van der Waals surface area contributed by atoms with Gasteiger partial charge in [-0.3, -0.25) is 4.79 Å². The van der Waals surface area contributed by atoms with Crippen LogP contribution in [0, 0.1) is 0 Å². The van der Waals surface area contributed by atoms with Gasteiger partial charge in [0.2, 0.25) is 12.0 Å². The smallest absolute Gasteiger partial charge is 0.402 e. The molecular weight excluding hydrogens is 604 g/mol. The molecule has 3 aromatic rings. The van der Waals surface area contributed by atoms with Gasteiger partial charge in [-0.1, -0.05) is 0 Å². The Kier molecular flexibility index (Phi) is 9.20. The van der Waals surface area contributed by atoms with Crippen molar-refractivity contribution < 1.29 is 78.9 Å². The molecule has 0 aliphatic carbocycles. The molecule has 2 fully saturated rings. The highest BCUT2D eigenvalue weighted by molar-refractivity contribution is 5.88. The van der Waals surface area contributed by atoms with E-state index in [2.05, 4.69) is 0 Å². The van der Waals surface area contributed by atoms with E-state index >= 15 is 0 Å². The third kappa shape index (κ3) is 6.54. The van der Waals surface area contributed by atoms with E-state index in [1.807, 2.05) is 0 Å². The van der Waals surface area contributed by atoms with Crippen LogP contribution in [0.25, 0.3) is 22.3 Å². The number of esters is 1. The van der Waals surface area contributed by atoms with Crippen molar-refractivity contribution in [2.75, 3.05) is 6.61 Å². The molecule has 0 radical (unpaired) electrons. The highest BCUT2D eigenvalue weighted by atomic mass is 16.7. The van der Waals surface area contributed by atoms with Crippen LogP contribution in [-0.2, 0) is 23.7 Å². The molecule has 2 aliphatic heterocycles. The second-order valence-electron chi connectivity index (χ2n) is 10.8. The van der Waals surface area contributed by atoms with E-state index in [-0.39, 0.29) is 33.8 Å². The van der Waals surface area contributed by atoms with Gasteiger partial charge in [-0.15, -0.1) is 0 Å². The number of rotatable bonds is 7. The fourth-order valence-electron chi connectivity index (χ4n) is 5.10. The topological polar surface area (TPSA) is 257 Å². The number of benzene rings is 2. The van der Waals surface area contributed by atoms with Gasteiger partial charge in [0, 0.05) is 25.1 Å². The SMILES string of the molecule is CC(=O)O[C@H]1C(C)O[C@@H](OCC2O[C@@H](Oc3cc4c(O)cc(O)cc4[o+]c3-c3ccc(O)c(O)c3)C(O)C(O)[C@@H]2O)C(O)[C@H]1O. The summed E-state index contributed by atoms with van der Waals surface area (Å²) in [4.78, 5) is 11.4. The normalized spacial score (nSPS) is 31.9. The lowest BCUT2D eigenvalue weighted by molar-refractivity contribution is -0.319. The molecule has 16 nitrogen and oxygen atoms in total. The van der Waals surface area contributed by atoms with Gasteiger partial charge >= 0.3 is 17.3 Å². The lowest BCUT2D eigenvalue weighted by Crippen LogP contribution is -2.62. The fraction of sp³-hybridized carbons (Fsp3) is 0.448. The van der Waals surface area contributed by atoms with Gasteiger partial charge < -0.3 is 69.6 Å². The summed E-state index contributed by atoms with van der Waals surface area (Å²) in [6.07, 6.45) is -15.3. The molecule has 10 atom stereocenters. The molecule has 2 saturated heterocycles. The number of phenols is 4. The van der Waals surface area contributed by atoms with Crippen molar-refractivity contribution in [2.45, 2.75) is 75.3 Å². The first-order valence-electron chi connectivity index (χ1n) is 13.8. The van der Waals surface area contributed by atoms with E-state index in [0.29, 0.717) is 0 Å². The van der Waals surface area contributed by atoms with E-state index in [9.17, 15) is 50.8 Å². The van der Waals surface area contributed by atoms with E-state index in [1.165, 1.54) is 31.2 Å². The largest absolute Gasteiger partial charge is 0.507 e. The summed E-state index contributed by atoms with van der Waals surface area (Å²) < 4.78 is 33.6. The van der Waals surface area contributed by atoms with Crippen molar-refractivity contribution in [3.8, 4) is 40.1 Å². The molecule has 0 spiro atoms. The number of carbonyl (C=O) groups excluding carboxylic acids is 1. The molecular formula is C29H33O16+. The maximum atomic E-state index is 11.4. The van der Waals surface area contributed by atoms with E-state index in [4.69, 9.17) is 28.1 Å². The molecule has 2 aliphatic rings. The lowest BCUT2D eigenvalue weighted by Gasteiger charge is -2.42. The Bertz CT molecular complexity index is 1550. The number of aromatic hydroxyl groups is 4. The van der Waals surface area contributed by atoms with Crippen LogP contribution < -0.4 is 4.74 Å². The van der Waals surface area contributed by atoms with Crippen LogP contribution in [0.3, 0.4) is 0 Å². The van der Waals surface area contributed by atoms with Gasteiger partial charge in [-0.2, -0.15) is 0 Å². The van der Waals surface area contributed by atoms with Crippen molar-refractivity contribution in [1.82, 2.24) is 0 Å². The number of aliphatic hydroxyl groups excluding tert-OH is 5. The zero-order valence-electron chi connectivity index (χ0n) is 23.8. The summed E-state index contributed by atoms with van der Waals surface area (Å²) in [7, 11) is 0. The molecule has 244 valence electrons. The van der Waals surface area contributed by atoms with E-state index in [1.54, 1.807) is 0 Å². The average Bonchev–Trinajstić information content (AvgIpc) is 2.98. The van der Waals surface area contributed by atoms with Gasteiger partial charge in [0.15, 0.2) is 23.9 Å². The second-order valence-corrected chi connectivity index (χ2v) is 10.8. The Morgan fingerprint density at radius 3 is 2.22 bits per heavy atom. The highest BCUT2D eigenvalue weighted by Crippen LogP contribution is 2.42. The predicted molar refractivity (Wildman–Crippen MR) is 148 cm³/mol. The molecule has 5 rings (SSSR count). The number of carbonyl (C=O) groups is 1. The fourth-order valence-corrected chi connectivity index (χ4v) is 5.10. The molecule has 0 bridgehead atoms. The van der Waals surface area contributed by atoms with E-state index < -0.39 is 91.2 Å². The van der Waals surface area contributed by atoms with Gasteiger partial charge in [0.25, 0.3) is 0 Å². The number of hydrogen-bond donors (Lipinski definition) is 9. The molecule has 45 heavy (non-hydrogen) atoms. The molecule has 5 unspecified atom stereocenters.